The Labute approximate surface area is 97.8 Å². The Hall–Kier alpha value is 0. The first kappa shape index (κ1) is 15.0. The molecule has 3 atom stereocenters. The van der Waals surface area contributed by atoms with Gasteiger partial charge in [-0.25, -0.2) is 0 Å². The average Bonchev–Trinajstić information content (AvgIpc) is 2.13. The Balaban J connectivity index is 4.27. The Morgan fingerprint density at radius 3 is 1.67 bits per heavy atom. The lowest BCUT2D eigenvalue weighted by Crippen LogP contribution is -2.24. The molecule has 0 heterocycles. The third kappa shape index (κ3) is 5.58. The van der Waals surface area contributed by atoms with Gasteiger partial charge in [0.15, 0.2) is 0 Å². The van der Waals surface area contributed by atoms with Crippen LogP contribution in [0.15, 0.2) is 0 Å². The summed E-state index contributed by atoms with van der Waals surface area (Å²) in [5, 5.41) is 0. The van der Waals surface area contributed by atoms with Crippen LogP contribution in [-0.2, 0) is 0 Å². The van der Waals surface area contributed by atoms with Crippen LogP contribution in [-0.4, -0.2) is 0 Å². The lowest BCUT2D eigenvalue weighted by atomic mass is 9.73. The molecule has 0 aromatic carbocycles. The van der Waals surface area contributed by atoms with Gasteiger partial charge >= 0.3 is 0 Å². The van der Waals surface area contributed by atoms with Crippen LogP contribution in [0.2, 0.25) is 0 Å². The summed E-state index contributed by atoms with van der Waals surface area (Å²) < 4.78 is 0. The fourth-order valence-corrected chi connectivity index (χ4v) is 2.66. The van der Waals surface area contributed by atoms with Crippen LogP contribution in [0.1, 0.15) is 67.7 Å². The number of hydrogen-bond acceptors (Lipinski definition) is 0. The predicted octanol–water partition coefficient (Wildman–Crippen LogP) is 5.38. The smallest absolute Gasteiger partial charge is 0.0360 e. The summed E-state index contributed by atoms with van der Waals surface area (Å²) in [6, 6.07) is 0. The SMILES string of the molecule is CCCC(C)CC(C(C)C)C(C)C(C)C. The van der Waals surface area contributed by atoms with Crippen molar-refractivity contribution in [3.05, 3.63) is 0 Å². The van der Waals surface area contributed by atoms with Gasteiger partial charge in [0.2, 0.25) is 0 Å². The van der Waals surface area contributed by atoms with Gasteiger partial charge < -0.3 is 0 Å². The summed E-state index contributed by atoms with van der Waals surface area (Å²) in [5.41, 5.74) is 0. The van der Waals surface area contributed by atoms with E-state index < -0.39 is 0 Å². The lowest BCUT2D eigenvalue weighted by molar-refractivity contribution is 0.176. The molecule has 15 heavy (non-hydrogen) atoms. The van der Waals surface area contributed by atoms with Gasteiger partial charge in [0.1, 0.15) is 0 Å². The Morgan fingerprint density at radius 2 is 1.33 bits per heavy atom. The van der Waals surface area contributed by atoms with Crippen molar-refractivity contribution < 1.29 is 0 Å². The van der Waals surface area contributed by atoms with Crippen LogP contribution in [0, 0.1) is 29.6 Å². The van der Waals surface area contributed by atoms with Crippen molar-refractivity contribution in [3.8, 4) is 0 Å². The van der Waals surface area contributed by atoms with E-state index in [4.69, 9.17) is 0 Å². The number of rotatable bonds is 7. The van der Waals surface area contributed by atoms with Crippen LogP contribution in [0.5, 0.6) is 0 Å². The van der Waals surface area contributed by atoms with Gasteiger partial charge in [0.05, 0.1) is 0 Å². The average molecular weight is 212 g/mol. The minimum Gasteiger partial charge on any atom is -0.0654 e. The molecular weight excluding hydrogens is 180 g/mol. The minimum atomic E-state index is 0.825. The monoisotopic (exact) mass is 212 g/mol. The summed E-state index contributed by atoms with van der Waals surface area (Å²) in [5.74, 6) is 4.34. The zero-order chi connectivity index (χ0) is 12.0. The van der Waals surface area contributed by atoms with E-state index in [1.807, 2.05) is 0 Å². The number of hydrogen-bond donors (Lipinski definition) is 0. The third-order valence-electron chi connectivity index (χ3n) is 4.04. The maximum absolute atomic E-state index is 2.44. The van der Waals surface area contributed by atoms with E-state index in [1.54, 1.807) is 0 Å². The maximum Gasteiger partial charge on any atom is -0.0360 e. The van der Waals surface area contributed by atoms with Crippen LogP contribution >= 0.6 is 0 Å². The molecule has 0 rings (SSSR count). The molecule has 0 aliphatic heterocycles. The van der Waals surface area contributed by atoms with E-state index in [0.717, 1.165) is 29.6 Å². The van der Waals surface area contributed by atoms with Crippen molar-refractivity contribution in [3.63, 3.8) is 0 Å². The van der Waals surface area contributed by atoms with E-state index >= 15 is 0 Å². The molecule has 0 radical (unpaired) electrons. The van der Waals surface area contributed by atoms with E-state index in [0.29, 0.717) is 0 Å². The highest BCUT2D eigenvalue weighted by atomic mass is 14.3. The minimum absolute atomic E-state index is 0.825. The van der Waals surface area contributed by atoms with E-state index in [9.17, 15) is 0 Å². The molecule has 0 nitrogen and oxygen atoms in total. The molecule has 0 saturated heterocycles. The van der Waals surface area contributed by atoms with E-state index in [1.165, 1.54) is 19.3 Å². The van der Waals surface area contributed by atoms with Gasteiger partial charge in [-0.15, -0.1) is 0 Å². The fraction of sp³-hybridized carbons (Fsp3) is 1.00. The summed E-state index contributed by atoms with van der Waals surface area (Å²) in [6.45, 7) is 16.7. The predicted molar refractivity (Wildman–Crippen MR) is 71.0 cm³/mol. The first-order chi connectivity index (χ1) is 6.90. The van der Waals surface area contributed by atoms with Gasteiger partial charge in [-0.05, 0) is 36.0 Å². The molecule has 0 amide bonds. The fourth-order valence-electron chi connectivity index (χ4n) is 2.66. The molecule has 0 fully saturated rings. The van der Waals surface area contributed by atoms with Gasteiger partial charge in [0.25, 0.3) is 0 Å². The van der Waals surface area contributed by atoms with Crippen LogP contribution < -0.4 is 0 Å². The second-order valence-electron chi connectivity index (χ2n) is 6.14. The van der Waals surface area contributed by atoms with Gasteiger partial charge in [-0.2, -0.15) is 0 Å². The highest BCUT2D eigenvalue weighted by Crippen LogP contribution is 2.33. The van der Waals surface area contributed by atoms with Crippen molar-refractivity contribution in [2.75, 3.05) is 0 Å². The topological polar surface area (TPSA) is 0 Å². The van der Waals surface area contributed by atoms with Crippen molar-refractivity contribution in [2.24, 2.45) is 29.6 Å². The van der Waals surface area contributed by atoms with Crippen molar-refractivity contribution >= 4 is 0 Å². The largest absolute Gasteiger partial charge is 0.0654 e. The molecule has 0 spiro atoms. The van der Waals surface area contributed by atoms with Gasteiger partial charge in [0, 0.05) is 0 Å². The molecule has 0 aliphatic rings. The van der Waals surface area contributed by atoms with Gasteiger partial charge in [-0.3, -0.25) is 0 Å². The van der Waals surface area contributed by atoms with Crippen molar-refractivity contribution in [1.82, 2.24) is 0 Å². The molecule has 3 unspecified atom stereocenters. The molecule has 0 bridgehead atoms. The summed E-state index contributed by atoms with van der Waals surface area (Å²) in [7, 11) is 0. The second-order valence-corrected chi connectivity index (χ2v) is 6.14. The zero-order valence-electron chi connectivity index (χ0n) is 12.0. The molecule has 92 valence electrons. The van der Waals surface area contributed by atoms with Crippen molar-refractivity contribution in [1.29, 1.82) is 0 Å². The highest BCUT2D eigenvalue weighted by molar-refractivity contribution is 4.74. The molecule has 0 aromatic rings. The lowest BCUT2D eigenvalue weighted by Gasteiger charge is -2.32. The Kier molecular flexibility index (Phi) is 7.30. The first-order valence-electron chi connectivity index (χ1n) is 6.90. The normalized spacial score (nSPS) is 18.2. The van der Waals surface area contributed by atoms with Crippen LogP contribution in [0.3, 0.4) is 0 Å². The standard InChI is InChI=1S/C15H32/c1-8-9-13(6)10-15(12(4)5)14(7)11(2)3/h11-15H,8-10H2,1-7H3. The summed E-state index contributed by atoms with van der Waals surface area (Å²) >= 11 is 0. The van der Waals surface area contributed by atoms with Crippen molar-refractivity contribution in [2.45, 2.75) is 67.7 Å². The highest BCUT2D eigenvalue weighted by Gasteiger charge is 2.24. The zero-order valence-corrected chi connectivity index (χ0v) is 12.0. The Morgan fingerprint density at radius 1 is 0.800 bits per heavy atom. The molecule has 0 aliphatic carbocycles. The molecule has 0 N–H and O–H groups in total. The summed E-state index contributed by atoms with van der Waals surface area (Å²) in [4.78, 5) is 0. The molecule has 0 heteroatoms. The summed E-state index contributed by atoms with van der Waals surface area (Å²) in [6.07, 6.45) is 4.15. The van der Waals surface area contributed by atoms with E-state index in [-0.39, 0.29) is 0 Å². The Bertz CT molecular complexity index is 146. The third-order valence-corrected chi connectivity index (χ3v) is 4.04. The second kappa shape index (κ2) is 7.30. The maximum atomic E-state index is 2.44. The molecule has 0 aromatic heterocycles. The van der Waals surface area contributed by atoms with Crippen LogP contribution in [0.25, 0.3) is 0 Å². The van der Waals surface area contributed by atoms with E-state index in [2.05, 4.69) is 48.5 Å². The quantitative estimate of drug-likeness (QED) is 0.531. The van der Waals surface area contributed by atoms with Gasteiger partial charge in [-0.1, -0.05) is 61.3 Å². The van der Waals surface area contributed by atoms with Crippen LogP contribution in [0.4, 0.5) is 0 Å². The molecule has 0 saturated carbocycles. The first-order valence-corrected chi connectivity index (χ1v) is 6.90. The molecular formula is C15H32.